The smallest absolute Gasteiger partial charge is 0.273 e. The molecule has 0 atom stereocenters. The minimum atomic E-state index is -0.0281. The van der Waals surface area contributed by atoms with E-state index < -0.39 is 0 Å². The van der Waals surface area contributed by atoms with Crippen molar-refractivity contribution in [2.45, 2.75) is 0 Å². The maximum Gasteiger partial charge on any atom is 0.273 e. The summed E-state index contributed by atoms with van der Waals surface area (Å²) in [7, 11) is 1.66. The van der Waals surface area contributed by atoms with Crippen molar-refractivity contribution >= 4 is 33.9 Å². The molecule has 0 spiro atoms. The number of aromatic nitrogens is 2. The van der Waals surface area contributed by atoms with Gasteiger partial charge in [0.15, 0.2) is 5.13 Å². The maximum absolute atomic E-state index is 12.8. The first-order valence-corrected chi connectivity index (χ1v) is 9.93. The highest BCUT2D eigenvalue weighted by molar-refractivity contribution is 7.14. The topological polar surface area (TPSA) is 70.6 Å². The van der Waals surface area contributed by atoms with Crippen LogP contribution >= 0.6 is 11.3 Å². The lowest BCUT2D eigenvalue weighted by Crippen LogP contribution is -2.48. The van der Waals surface area contributed by atoms with E-state index in [-0.39, 0.29) is 5.91 Å². The number of nitrogens with one attached hydrogen (secondary N) is 1. The highest BCUT2D eigenvalue weighted by atomic mass is 32.1. The molecule has 144 valence electrons. The van der Waals surface area contributed by atoms with Gasteiger partial charge in [-0.05, 0) is 36.4 Å². The predicted molar refractivity (Wildman–Crippen MR) is 111 cm³/mol. The van der Waals surface area contributed by atoms with E-state index >= 15 is 0 Å². The molecule has 1 aliphatic heterocycles. The number of ether oxygens (including phenoxy) is 1. The number of amides is 1. The maximum atomic E-state index is 12.8. The number of carbonyl (C=O) groups is 1. The fraction of sp³-hybridized carbons (Fsp3) is 0.250. The number of pyridine rings is 1. The third-order valence-corrected chi connectivity index (χ3v) is 5.39. The summed E-state index contributed by atoms with van der Waals surface area (Å²) in [5, 5.41) is 5.59. The monoisotopic (exact) mass is 395 g/mol. The molecule has 1 amide bonds. The summed E-state index contributed by atoms with van der Waals surface area (Å²) in [4.78, 5) is 25.6. The van der Waals surface area contributed by atoms with E-state index in [2.05, 4.69) is 20.2 Å². The van der Waals surface area contributed by atoms with E-state index in [1.807, 2.05) is 47.4 Å². The van der Waals surface area contributed by atoms with Gasteiger partial charge in [-0.3, -0.25) is 4.79 Å². The van der Waals surface area contributed by atoms with Crippen LogP contribution in [0.1, 0.15) is 10.5 Å². The Morgan fingerprint density at radius 3 is 2.57 bits per heavy atom. The number of piperazine rings is 1. The number of benzene rings is 1. The molecular formula is C20H21N5O2S. The van der Waals surface area contributed by atoms with Crippen molar-refractivity contribution in [3.63, 3.8) is 0 Å². The lowest BCUT2D eigenvalue weighted by atomic mass is 10.2. The van der Waals surface area contributed by atoms with Gasteiger partial charge in [-0.25, -0.2) is 9.97 Å². The number of carbonyl (C=O) groups excluding carboxylic acids is 1. The molecule has 28 heavy (non-hydrogen) atoms. The Bertz CT molecular complexity index is 921. The first-order valence-electron chi connectivity index (χ1n) is 9.05. The van der Waals surface area contributed by atoms with Gasteiger partial charge in [-0.1, -0.05) is 6.07 Å². The van der Waals surface area contributed by atoms with Crippen LogP contribution in [0.3, 0.4) is 0 Å². The number of thiazole rings is 1. The quantitative estimate of drug-likeness (QED) is 0.715. The van der Waals surface area contributed by atoms with Crippen molar-refractivity contribution in [2.24, 2.45) is 0 Å². The number of hydrogen-bond donors (Lipinski definition) is 1. The molecule has 0 unspecified atom stereocenters. The molecular weight excluding hydrogens is 374 g/mol. The predicted octanol–water partition coefficient (Wildman–Crippen LogP) is 3.25. The normalized spacial score (nSPS) is 14.0. The largest absolute Gasteiger partial charge is 0.497 e. The Hall–Kier alpha value is -3.13. The molecule has 1 saturated heterocycles. The van der Waals surface area contributed by atoms with Crippen molar-refractivity contribution in [3.05, 3.63) is 59.7 Å². The minimum absolute atomic E-state index is 0.0281. The van der Waals surface area contributed by atoms with Crippen molar-refractivity contribution in [1.82, 2.24) is 14.9 Å². The molecule has 1 N–H and O–H groups in total. The van der Waals surface area contributed by atoms with Crippen molar-refractivity contribution in [2.75, 3.05) is 43.5 Å². The van der Waals surface area contributed by atoms with Crippen LogP contribution in [0.15, 0.2) is 54.0 Å². The average Bonchev–Trinajstić information content (AvgIpc) is 3.22. The molecule has 1 aliphatic rings. The number of nitrogens with zero attached hydrogens (tertiary/aromatic N) is 4. The summed E-state index contributed by atoms with van der Waals surface area (Å²) in [5.41, 5.74) is 1.62. The fourth-order valence-electron chi connectivity index (χ4n) is 3.10. The summed E-state index contributed by atoms with van der Waals surface area (Å²) in [6.07, 6.45) is 1.71. The third kappa shape index (κ3) is 4.07. The molecule has 3 heterocycles. The Labute approximate surface area is 167 Å². The molecule has 0 bridgehead atoms. The van der Waals surface area contributed by atoms with Gasteiger partial charge in [0.2, 0.25) is 0 Å². The van der Waals surface area contributed by atoms with Crippen molar-refractivity contribution in [3.8, 4) is 5.75 Å². The van der Waals surface area contributed by atoms with Gasteiger partial charge in [-0.2, -0.15) is 0 Å². The van der Waals surface area contributed by atoms with Gasteiger partial charge in [0.1, 0.15) is 17.3 Å². The molecule has 3 aromatic rings. The zero-order valence-electron chi connectivity index (χ0n) is 15.5. The van der Waals surface area contributed by atoms with Crippen LogP contribution in [0.5, 0.6) is 5.75 Å². The number of methoxy groups -OCH3 is 1. The SMILES string of the molecule is COc1ccc(N2CCN(C(=O)c3csc(Nc4ccccn4)n3)CC2)cc1. The van der Waals surface area contributed by atoms with Gasteiger partial charge >= 0.3 is 0 Å². The average molecular weight is 395 g/mol. The molecule has 1 fully saturated rings. The Morgan fingerprint density at radius 2 is 1.89 bits per heavy atom. The fourth-order valence-corrected chi connectivity index (χ4v) is 3.79. The summed E-state index contributed by atoms with van der Waals surface area (Å²) in [6, 6.07) is 13.6. The standard InChI is InChI=1S/C20H21N5O2S/c1-27-16-7-5-15(6-8-16)24-10-12-25(13-11-24)19(26)17-14-28-20(22-17)23-18-4-2-3-9-21-18/h2-9,14H,10-13H2,1H3,(H,21,22,23). The first-order chi connectivity index (χ1) is 13.7. The minimum Gasteiger partial charge on any atom is -0.497 e. The van der Waals surface area contributed by atoms with Crippen LogP contribution in [0, 0.1) is 0 Å². The van der Waals surface area contributed by atoms with E-state index in [9.17, 15) is 4.79 Å². The van der Waals surface area contributed by atoms with Gasteiger partial charge in [-0.15, -0.1) is 11.3 Å². The van der Waals surface area contributed by atoms with Crippen molar-refractivity contribution < 1.29 is 9.53 Å². The van der Waals surface area contributed by atoms with Crippen LogP contribution in [-0.4, -0.2) is 54.1 Å². The van der Waals surface area contributed by atoms with Gasteiger partial charge < -0.3 is 19.9 Å². The summed E-state index contributed by atoms with van der Waals surface area (Å²) in [6.45, 7) is 2.93. The number of rotatable bonds is 5. The highest BCUT2D eigenvalue weighted by Gasteiger charge is 2.24. The van der Waals surface area contributed by atoms with E-state index in [0.717, 1.165) is 24.5 Å². The second-order valence-electron chi connectivity index (χ2n) is 6.36. The van der Waals surface area contributed by atoms with Gasteiger partial charge in [0, 0.05) is 43.4 Å². The van der Waals surface area contributed by atoms with Crippen molar-refractivity contribution in [1.29, 1.82) is 0 Å². The van der Waals surface area contributed by atoms with Crippen LogP contribution in [0.25, 0.3) is 0 Å². The van der Waals surface area contributed by atoms with Gasteiger partial charge in [0.25, 0.3) is 5.91 Å². The molecule has 2 aromatic heterocycles. The van der Waals surface area contributed by atoms with Gasteiger partial charge in [0.05, 0.1) is 7.11 Å². The van der Waals surface area contributed by atoms with E-state index in [4.69, 9.17) is 4.74 Å². The van der Waals surface area contributed by atoms with Crippen LogP contribution in [-0.2, 0) is 0 Å². The number of hydrogen-bond acceptors (Lipinski definition) is 7. The summed E-state index contributed by atoms with van der Waals surface area (Å²) < 4.78 is 5.21. The van der Waals surface area contributed by atoms with E-state index in [0.29, 0.717) is 29.7 Å². The highest BCUT2D eigenvalue weighted by Crippen LogP contribution is 2.23. The molecule has 7 nitrogen and oxygen atoms in total. The zero-order valence-corrected chi connectivity index (χ0v) is 16.4. The lowest BCUT2D eigenvalue weighted by molar-refractivity contribution is 0.0742. The molecule has 8 heteroatoms. The van der Waals surface area contributed by atoms with Crippen LogP contribution < -0.4 is 15.0 Å². The Kier molecular flexibility index (Phi) is 5.38. The number of anilines is 3. The lowest BCUT2D eigenvalue weighted by Gasteiger charge is -2.35. The molecule has 0 aliphatic carbocycles. The molecule has 0 radical (unpaired) electrons. The zero-order chi connectivity index (χ0) is 19.3. The Morgan fingerprint density at radius 1 is 1.11 bits per heavy atom. The molecule has 1 aromatic carbocycles. The molecule has 4 rings (SSSR count). The third-order valence-electron chi connectivity index (χ3n) is 4.63. The van der Waals surface area contributed by atoms with Crippen LogP contribution in [0.2, 0.25) is 0 Å². The second-order valence-corrected chi connectivity index (χ2v) is 7.21. The molecule has 0 saturated carbocycles. The van der Waals surface area contributed by atoms with Crippen LogP contribution in [0.4, 0.5) is 16.6 Å². The second kappa shape index (κ2) is 8.26. The Balaban J connectivity index is 1.35. The first kappa shape index (κ1) is 18.2. The summed E-state index contributed by atoms with van der Waals surface area (Å²) in [5.74, 6) is 1.53. The van der Waals surface area contributed by atoms with E-state index in [1.54, 1.807) is 18.7 Å². The van der Waals surface area contributed by atoms with E-state index in [1.165, 1.54) is 11.3 Å². The summed E-state index contributed by atoms with van der Waals surface area (Å²) >= 11 is 1.41.